The second-order valence-corrected chi connectivity index (χ2v) is 5.48. The normalized spacial score (nSPS) is 18.9. The van der Waals surface area contributed by atoms with Crippen molar-refractivity contribution >= 4 is 10.8 Å². The van der Waals surface area contributed by atoms with Crippen molar-refractivity contribution in [3.8, 4) is 0 Å². The molecule has 2 N–H and O–H groups in total. The minimum absolute atomic E-state index is 0.0673. The Labute approximate surface area is 120 Å². The molecular weight excluding hydrogens is 248 g/mol. The number of rotatable bonds is 3. The topological polar surface area (TPSA) is 38.5 Å². The van der Waals surface area contributed by atoms with E-state index in [1.165, 1.54) is 16.3 Å². The lowest BCUT2D eigenvalue weighted by Crippen LogP contribution is -2.34. The van der Waals surface area contributed by atoms with Gasteiger partial charge in [-0.15, -0.1) is 0 Å². The first kappa shape index (κ1) is 13.6. The van der Waals surface area contributed by atoms with Crippen LogP contribution >= 0.6 is 0 Å². The summed E-state index contributed by atoms with van der Waals surface area (Å²) in [4.78, 5) is 2.41. The van der Waals surface area contributed by atoms with Gasteiger partial charge in [0, 0.05) is 32.3 Å². The predicted molar refractivity (Wildman–Crippen MR) is 82.8 cm³/mol. The third-order valence-electron chi connectivity index (χ3n) is 3.97. The molecule has 3 nitrogen and oxygen atoms in total. The fourth-order valence-corrected chi connectivity index (χ4v) is 2.80. The van der Waals surface area contributed by atoms with E-state index in [-0.39, 0.29) is 6.04 Å². The molecule has 1 fully saturated rings. The molecule has 0 amide bonds. The molecule has 1 aliphatic heterocycles. The number of hydrogen-bond donors (Lipinski definition) is 1. The smallest absolute Gasteiger partial charge is 0.0593 e. The van der Waals surface area contributed by atoms with Crippen molar-refractivity contribution in [3.05, 3.63) is 48.0 Å². The molecule has 0 aliphatic carbocycles. The molecule has 0 aromatic heterocycles. The van der Waals surface area contributed by atoms with Gasteiger partial charge in [0.05, 0.1) is 6.61 Å². The van der Waals surface area contributed by atoms with Crippen LogP contribution in [0, 0.1) is 0 Å². The third-order valence-corrected chi connectivity index (χ3v) is 3.97. The van der Waals surface area contributed by atoms with E-state index in [1.807, 2.05) is 0 Å². The van der Waals surface area contributed by atoms with Crippen molar-refractivity contribution in [2.45, 2.75) is 12.5 Å². The van der Waals surface area contributed by atoms with E-state index in [2.05, 4.69) is 47.4 Å². The van der Waals surface area contributed by atoms with E-state index >= 15 is 0 Å². The van der Waals surface area contributed by atoms with Crippen LogP contribution in [0.2, 0.25) is 0 Å². The van der Waals surface area contributed by atoms with Gasteiger partial charge < -0.3 is 10.5 Å². The number of hydrogen-bond acceptors (Lipinski definition) is 3. The van der Waals surface area contributed by atoms with Gasteiger partial charge in [-0.05, 0) is 28.8 Å². The summed E-state index contributed by atoms with van der Waals surface area (Å²) in [6.45, 7) is 4.68. The van der Waals surface area contributed by atoms with Gasteiger partial charge in [-0.25, -0.2) is 0 Å². The second-order valence-electron chi connectivity index (χ2n) is 5.48. The summed E-state index contributed by atoms with van der Waals surface area (Å²) < 4.78 is 5.49. The average Bonchev–Trinajstić information content (AvgIpc) is 2.75. The van der Waals surface area contributed by atoms with E-state index in [4.69, 9.17) is 10.5 Å². The quantitative estimate of drug-likeness (QED) is 0.931. The van der Waals surface area contributed by atoms with Gasteiger partial charge in [0.1, 0.15) is 0 Å². The predicted octanol–water partition coefficient (Wildman–Crippen LogP) is 2.56. The standard InChI is InChI=1S/C17H22N2O/c18-17(13-19-8-3-10-20-11-9-19)16-7-6-14-4-1-2-5-15(14)12-16/h1-2,4-7,12,17H,3,8-11,13,18H2. The number of ether oxygens (including phenoxy) is 1. The molecule has 1 heterocycles. The van der Waals surface area contributed by atoms with E-state index in [0.717, 1.165) is 39.3 Å². The van der Waals surface area contributed by atoms with Crippen molar-refractivity contribution in [2.75, 3.05) is 32.8 Å². The van der Waals surface area contributed by atoms with Crippen molar-refractivity contribution in [3.63, 3.8) is 0 Å². The molecule has 1 aliphatic rings. The Morgan fingerprint density at radius 3 is 2.80 bits per heavy atom. The van der Waals surface area contributed by atoms with Gasteiger partial charge in [0.2, 0.25) is 0 Å². The first-order valence-electron chi connectivity index (χ1n) is 7.37. The molecule has 1 unspecified atom stereocenters. The van der Waals surface area contributed by atoms with Crippen LogP contribution < -0.4 is 5.73 Å². The molecule has 106 valence electrons. The summed E-state index contributed by atoms with van der Waals surface area (Å²) in [5.74, 6) is 0. The molecule has 2 aromatic carbocycles. The van der Waals surface area contributed by atoms with Crippen LogP contribution in [0.1, 0.15) is 18.0 Å². The van der Waals surface area contributed by atoms with Crippen molar-refractivity contribution < 1.29 is 4.74 Å². The zero-order valence-electron chi connectivity index (χ0n) is 11.8. The van der Waals surface area contributed by atoms with Crippen LogP contribution in [0.3, 0.4) is 0 Å². The highest BCUT2D eigenvalue weighted by atomic mass is 16.5. The largest absolute Gasteiger partial charge is 0.380 e. The summed E-state index contributed by atoms with van der Waals surface area (Å²) in [7, 11) is 0. The Kier molecular flexibility index (Phi) is 4.31. The van der Waals surface area contributed by atoms with Crippen molar-refractivity contribution in [2.24, 2.45) is 5.73 Å². The molecule has 3 rings (SSSR count). The van der Waals surface area contributed by atoms with Crippen LogP contribution in [0.15, 0.2) is 42.5 Å². The fraction of sp³-hybridized carbons (Fsp3) is 0.412. The highest BCUT2D eigenvalue weighted by Crippen LogP contribution is 2.20. The van der Waals surface area contributed by atoms with Gasteiger partial charge >= 0.3 is 0 Å². The van der Waals surface area contributed by atoms with Crippen molar-refractivity contribution in [1.82, 2.24) is 4.90 Å². The Morgan fingerprint density at radius 2 is 1.90 bits per heavy atom. The van der Waals surface area contributed by atoms with Gasteiger partial charge in [0.25, 0.3) is 0 Å². The van der Waals surface area contributed by atoms with Gasteiger partial charge in [-0.1, -0.05) is 36.4 Å². The Balaban J connectivity index is 1.72. The number of nitrogens with zero attached hydrogens (tertiary/aromatic N) is 1. The monoisotopic (exact) mass is 270 g/mol. The summed E-state index contributed by atoms with van der Waals surface area (Å²) in [5.41, 5.74) is 7.60. The van der Waals surface area contributed by atoms with Crippen molar-refractivity contribution in [1.29, 1.82) is 0 Å². The molecule has 3 heteroatoms. The van der Waals surface area contributed by atoms with Crippen LogP contribution in [0.25, 0.3) is 10.8 Å². The van der Waals surface area contributed by atoms with E-state index in [9.17, 15) is 0 Å². The van der Waals surface area contributed by atoms with E-state index in [0.29, 0.717) is 0 Å². The van der Waals surface area contributed by atoms with Crippen LogP contribution in [0.5, 0.6) is 0 Å². The fourth-order valence-electron chi connectivity index (χ4n) is 2.80. The second kappa shape index (κ2) is 6.35. The summed E-state index contributed by atoms with van der Waals surface area (Å²) in [6.07, 6.45) is 1.10. The first-order chi connectivity index (χ1) is 9.83. The number of fused-ring (bicyclic) bond motifs is 1. The van der Waals surface area contributed by atoms with E-state index in [1.54, 1.807) is 0 Å². The van der Waals surface area contributed by atoms with Crippen LogP contribution in [-0.2, 0) is 4.74 Å². The lowest BCUT2D eigenvalue weighted by molar-refractivity contribution is 0.140. The first-order valence-corrected chi connectivity index (χ1v) is 7.37. The summed E-state index contributed by atoms with van der Waals surface area (Å²) in [5, 5.41) is 2.53. The van der Waals surface area contributed by atoms with E-state index < -0.39 is 0 Å². The molecule has 0 spiro atoms. The SMILES string of the molecule is NC(CN1CCCOCC1)c1ccc2ccccc2c1. The Morgan fingerprint density at radius 1 is 1.05 bits per heavy atom. The molecule has 2 aromatic rings. The zero-order valence-corrected chi connectivity index (χ0v) is 11.8. The highest BCUT2D eigenvalue weighted by molar-refractivity contribution is 5.83. The minimum atomic E-state index is 0.0673. The maximum Gasteiger partial charge on any atom is 0.0593 e. The summed E-state index contributed by atoms with van der Waals surface area (Å²) >= 11 is 0. The van der Waals surface area contributed by atoms with Gasteiger partial charge in [0.15, 0.2) is 0 Å². The van der Waals surface area contributed by atoms with Crippen LogP contribution in [0.4, 0.5) is 0 Å². The number of nitrogens with two attached hydrogens (primary N) is 1. The Bertz CT molecular complexity index is 562. The Hall–Kier alpha value is -1.42. The van der Waals surface area contributed by atoms with Gasteiger partial charge in [-0.2, -0.15) is 0 Å². The highest BCUT2D eigenvalue weighted by Gasteiger charge is 2.14. The molecule has 1 saturated heterocycles. The zero-order chi connectivity index (χ0) is 13.8. The minimum Gasteiger partial charge on any atom is -0.380 e. The lowest BCUT2D eigenvalue weighted by Gasteiger charge is -2.23. The molecule has 1 atom stereocenters. The molecule has 0 saturated carbocycles. The molecular formula is C17H22N2O. The summed E-state index contributed by atoms with van der Waals surface area (Å²) in [6, 6.07) is 15.0. The average molecular weight is 270 g/mol. The van der Waals surface area contributed by atoms with Crippen LogP contribution in [-0.4, -0.2) is 37.7 Å². The maximum absolute atomic E-state index is 6.39. The third kappa shape index (κ3) is 3.18. The lowest BCUT2D eigenvalue weighted by atomic mass is 10.0. The molecule has 0 radical (unpaired) electrons. The van der Waals surface area contributed by atoms with Gasteiger partial charge in [-0.3, -0.25) is 4.90 Å². The number of benzene rings is 2. The molecule has 0 bridgehead atoms. The maximum atomic E-state index is 6.39. The molecule has 20 heavy (non-hydrogen) atoms.